The van der Waals surface area contributed by atoms with Gasteiger partial charge in [0.1, 0.15) is 6.79 Å². The Morgan fingerprint density at radius 3 is 2.22 bits per heavy atom. The largest absolute Gasteiger partial charge is 0.400 e. The molecule has 0 saturated heterocycles. The summed E-state index contributed by atoms with van der Waals surface area (Å²) in [5.74, 6) is 0. The van der Waals surface area contributed by atoms with Crippen molar-refractivity contribution in [1.29, 1.82) is 0 Å². The Labute approximate surface area is 53.6 Å². The van der Waals surface area contributed by atoms with E-state index in [1.807, 2.05) is 6.79 Å². The number of H-pyrrole nitrogens is 1. The Balaban J connectivity index is 0. The third-order valence-corrected chi connectivity index (χ3v) is 0.406. The molecule has 0 spiro atoms. The maximum atomic E-state index is 8.00. The molecule has 1 aromatic heterocycles. The van der Waals surface area contributed by atoms with E-state index in [0.717, 1.165) is 7.11 Å². The van der Waals surface area contributed by atoms with Crippen molar-refractivity contribution < 1.29 is 9.90 Å². The van der Waals surface area contributed by atoms with E-state index < -0.39 is 0 Å². The molecule has 0 aromatic carbocycles. The first kappa shape index (κ1) is 10.8. The van der Waals surface area contributed by atoms with Gasteiger partial charge in [0.15, 0.2) is 0 Å². The molecule has 1 rings (SSSR count). The van der Waals surface area contributed by atoms with Gasteiger partial charge in [-0.25, -0.2) is 4.98 Å². The molecule has 4 nitrogen and oxygen atoms in total. The summed E-state index contributed by atoms with van der Waals surface area (Å²) in [5.41, 5.74) is 0. The summed E-state index contributed by atoms with van der Waals surface area (Å²) in [4.78, 5) is 14.4. The Morgan fingerprint density at radius 2 is 2.11 bits per heavy atom. The van der Waals surface area contributed by atoms with Crippen molar-refractivity contribution in [3.8, 4) is 0 Å². The lowest BCUT2D eigenvalue weighted by Crippen LogP contribution is -1.44. The normalized spacial score (nSPS) is 5.56. The lowest BCUT2D eigenvalue weighted by atomic mass is 11.0. The first-order chi connectivity index (χ1) is 4.50. The van der Waals surface area contributed by atoms with Gasteiger partial charge < -0.3 is 14.9 Å². The van der Waals surface area contributed by atoms with Gasteiger partial charge in [0.2, 0.25) is 0 Å². The monoisotopic (exact) mass is 130 g/mol. The molecule has 4 heteroatoms. The maximum Gasteiger partial charge on any atom is 0.106 e. The average Bonchev–Trinajstić information content (AvgIpc) is 2.51. The highest BCUT2D eigenvalue weighted by Crippen LogP contribution is 1.62. The Hall–Kier alpha value is -1.16. The minimum atomic E-state index is 1.00. The topological polar surface area (TPSA) is 66.0 Å². The summed E-state index contributed by atoms with van der Waals surface area (Å²) >= 11 is 0. The van der Waals surface area contributed by atoms with Crippen LogP contribution in [0, 0.1) is 0 Å². The molecular formula is C5H10N2O2. The fourth-order valence-corrected chi connectivity index (χ4v) is 0.215. The van der Waals surface area contributed by atoms with E-state index >= 15 is 0 Å². The number of aromatic amines is 1. The molecule has 0 aliphatic heterocycles. The van der Waals surface area contributed by atoms with E-state index in [-0.39, 0.29) is 0 Å². The molecule has 1 heterocycles. The zero-order valence-corrected chi connectivity index (χ0v) is 5.24. The summed E-state index contributed by atoms with van der Waals surface area (Å²) in [7, 11) is 1.00. The number of nitrogens with zero attached hydrogens (tertiary/aromatic N) is 1. The van der Waals surface area contributed by atoms with E-state index in [0.29, 0.717) is 0 Å². The van der Waals surface area contributed by atoms with Crippen molar-refractivity contribution in [2.45, 2.75) is 0 Å². The fraction of sp³-hybridized carbons (Fsp3) is 0.200. The van der Waals surface area contributed by atoms with Crippen LogP contribution in [-0.2, 0) is 4.79 Å². The zero-order chi connectivity index (χ0) is 7.54. The molecule has 52 valence electrons. The summed E-state index contributed by atoms with van der Waals surface area (Å²) < 4.78 is 0. The number of hydrogen-bond donors (Lipinski definition) is 2. The fourth-order valence-electron chi connectivity index (χ4n) is 0.215. The van der Waals surface area contributed by atoms with Gasteiger partial charge >= 0.3 is 0 Å². The third-order valence-electron chi connectivity index (χ3n) is 0.406. The number of rotatable bonds is 0. The highest BCUT2D eigenvalue weighted by molar-refractivity contribution is 5.10. The van der Waals surface area contributed by atoms with Crippen LogP contribution in [0.15, 0.2) is 18.7 Å². The van der Waals surface area contributed by atoms with Crippen molar-refractivity contribution >= 4 is 6.79 Å². The van der Waals surface area contributed by atoms with Gasteiger partial charge in [-0.1, -0.05) is 0 Å². The second-order valence-corrected chi connectivity index (χ2v) is 0.761. The second kappa shape index (κ2) is 15.8. The zero-order valence-electron chi connectivity index (χ0n) is 5.24. The number of imidazole rings is 1. The standard InChI is InChI=1S/C3H4N2.CH4O.CH2O/c1-2-5-3-4-1;2*1-2/h1-3H,(H,4,5);2H,1H3;1H2. The molecule has 0 bridgehead atoms. The molecule has 2 N–H and O–H groups in total. The van der Waals surface area contributed by atoms with Gasteiger partial charge in [0, 0.05) is 19.5 Å². The predicted molar refractivity (Wildman–Crippen MR) is 33.9 cm³/mol. The van der Waals surface area contributed by atoms with Gasteiger partial charge in [-0.2, -0.15) is 0 Å². The average molecular weight is 130 g/mol. The summed E-state index contributed by atoms with van der Waals surface area (Å²) in [6.45, 7) is 2.00. The molecule has 1 aromatic rings. The lowest BCUT2D eigenvalue weighted by molar-refractivity contribution is -0.0979. The van der Waals surface area contributed by atoms with Crippen LogP contribution in [0.1, 0.15) is 0 Å². The predicted octanol–water partition coefficient (Wildman–Crippen LogP) is -0.167. The number of nitrogens with one attached hydrogen (secondary N) is 1. The Bertz CT molecular complexity index is 79.9. The quantitative estimate of drug-likeness (QED) is 0.512. The minimum Gasteiger partial charge on any atom is -0.400 e. The molecule has 0 saturated carbocycles. The second-order valence-electron chi connectivity index (χ2n) is 0.761. The van der Waals surface area contributed by atoms with E-state index in [4.69, 9.17) is 9.90 Å². The van der Waals surface area contributed by atoms with Crippen molar-refractivity contribution in [2.75, 3.05) is 7.11 Å². The molecular weight excluding hydrogens is 120 g/mol. The summed E-state index contributed by atoms with van der Waals surface area (Å²) in [5, 5.41) is 7.00. The number of carbonyl (C=O) groups is 1. The maximum absolute atomic E-state index is 8.00. The van der Waals surface area contributed by atoms with E-state index in [2.05, 4.69) is 9.97 Å². The van der Waals surface area contributed by atoms with Crippen LogP contribution in [0.3, 0.4) is 0 Å². The van der Waals surface area contributed by atoms with Crippen molar-refractivity contribution in [1.82, 2.24) is 9.97 Å². The van der Waals surface area contributed by atoms with E-state index in [9.17, 15) is 0 Å². The molecule has 0 aliphatic rings. The van der Waals surface area contributed by atoms with Crippen LogP contribution in [0.5, 0.6) is 0 Å². The van der Waals surface area contributed by atoms with Gasteiger partial charge in [-0.05, 0) is 0 Å². The van der Waals surface area contributed by atoms with Crippen LogP contribution in [0.4, 0.5) is 0 Å². The molecule has 0 fully saturated rings. The van der Waals surface area contributed by atoms with Gasteiger partial charge in [-0.15, -0.1) is 0 Å². The van der Waals surface area contributed by atoms with Gasteiger partial charge in [0.05, 0.1) is 6.33 Å². The molecule has 0 amide bonds. The summed E-state index contributed by atoms with van der Waals surface area (Å²) in [6, 6.07) is 0. The van der Waals surface area contributed by atoms with Crippen molar-refractivity contribution in [2.24, 2.45) is 0 Å². The molecule has 0 atom stereocenters. The molecule has 0 unspecified atom stereocenters. The van der Waals surface area contributed by atoms with E-state index in [1.165, 1.54) is 0 Å². The molecule has 0 radical (unpaired) electrons. The number of hydrogen-bond acceptors (Lipinski definition) is 3. The Kier molecular flexibility index (Phi) is 18.9. The number of aliphatic hydroxyl groups is 1. The highest BCUT2D eigenvalue weighted by atomic mass is 16.2. The first-order valence-corrected chi connectivity index (χ1v) is 2.16. The number of aromatic nitrogens is 2. The highest BCUT2D eigenvalue weighted by Gasteiger charge is 1.56. The smallest absolute Gasteiger partial charge is 0.106 e. The number of aliphatic hydroxyl groups excluding tert-OH is 1. The first-order valence-electron chi connectivity index (χ1n) is 2.16. The van der Waals surface area contributed by atoms with Crippen molar-refractivity contribution in [3.63, 3.8) is 0 Å². The van der Waals surface area contributed by atoms with Gasteiger partial charge in [0.25, 0.3) is 0 Å². The lowest BCUT2D eigenvalue weighted by Gasteiger charge is -1.46. The van der Waals surface area contributed by atoms with Crippen molar-refractivity contribution in [3.05, 3.63) is 18.7 Å². The Morgan fingerprint density at radius 1 is 1.56 bits per heavy atom. The van der Waals surface area contributed by atoms with Crippen LogP contribution in [0.2, 0.25) is 0 Å². The van der Waals surface area contributed by atoms with Crippen LogP contribution >= 0.6 is 0 Å². The summed E-state index contributed by atoms with van der Waals surface area (Å²) in [6.07, 6.45) is 5.08. The van der Waals surface area contributed by atoms with Gasteiger partial charge in [-0.3, -0.25) is 0 Å². The third kappa shape index (κ3) is 10.9. The SMILES string of the molecule is C=O.CO.c1c[nH]cn1. The van der Waals surface area contributed by atoms with Crippen LogP contribution in [-0.4, -0.2) is 29.0 Å². The minimum absolute atomic E-state index is 1.00. The van der Waals surface area contributed by atoms with Crippen LogP contribution in [0.25, 0.3) is 0 Å². The molecule has 0 aliphatic carbocycles. The number of carbonyl (C=O) groups excluding carboxylic acids is 1. The van der Waals surface area contributed by atoms with E-state index in [1.54, 1.807) is 18.7 Å². The molecule has 9 heavy (non-hydrogen) atoms. The van der Waals surface area contributed by atoms with Crippen LogP contribution < -0.4 is 0 Å².